The van der Waals surface area contributed by atoms with E-state index in [2.05, 4.69) is 20.8 Å². The number of rotatable bonds is 1. The number of halogens is 3. The van der Waals surface area contributed by atoms with Gasteiger partial charge in [-0.2, -0.15) is 0 Å². The van der Waals surface area contributed by atoms with Crippen molar-refractivity contribution in [1.82, 2.24) is 0 Å². The largest absolute Gasteiger partial charge is 0.346 e. The van der Waals surface area contributed by atoms with E-state index in [4.69, 9.17) is 33.2 Å². The fourth-order valence-corrected chi connectivity index (χ4v) is 4.28. The molecule has 0 atom stereocenters. The Kier molecular flexibility index (Phi) is 3.35. The lowest BCUT2D eigenvalue weighted by atomic mass is 9.73. The molecule has 0 spiro atoms. The van der Waals surface area contributed by atoms with E-state index in [1.54, 1.807) is 0 Å². The van der Waals surface area contributed by atoms with Crippen LogP contribution in [0.15, 0.2) is 0 Å². The van der Waals surface area contributed by atoms with Gasteiger partial charge in [0, 0.05) is 5.04 Å². The minimum Gasteiger partial charge on any atom is -0.125 e. The molecule has 0 aromatic carbocycles. The monoisotopic (exact) mass is 258 g/mol. The summed E-state index contributed by atoms with van der Waals surface area (Å²) in [6.07, 6.45) is 4.51. The number of hydrogen-bond donors (Lipinski definition) is 0. The zero-order valence-electron chi connectivity index (χ0n) is 8.46. The Morgan fingerprint density at radius 1 is 0.846 bits per heavy atom. The fourth-order valence-electron chi connectivity index (χ4n) is 1.76. The average molecular weight is 260 g/mol. The van der Waals surface area contributed by atoms with Crippen molar-refractivity contribution in [2.45, 2.75) is 51.5 Å². The van der Waals surface area contributed by atoms with Gasteiger partial charge in [-0.25, -0.2) is 0 Å². The van der Waals surface area contributed by atoms with Crippen LogP contribution in [0.25, 0.3) is 0 Å². The standard InChI is InChI=1S/C9H17Cl3Si/c1-8(2)4-6-9(3,7-5-8)13(10,11)12/h4-7H2,1-3H3. The quantitative estimate of drug-likeness (QED) is 0.459. The fraction of sp³-hybridized carbons (Fsp3) is 1.00. The Balaban J connectivity index is 2.68. The van der Waals surface area contributed by atoms with Crippen molar-refractivity contribution < 1.29 is 0 Å². The molecule has 0 heterocycles. The Labute approximate surface area is 96.1 Å². The lowest BCUT2D eigenvalue weighted by molar-refractivity contribution is 0.208. The van der Waals surface area contributed by atoms with E-state index in [1.165, 1.54) is 12.8 Å². The van der Waals surface area contributed by atoms with E-state index in [0.29, 0.717) is 5.41 Å². The molecule has 0 nitrogen and oxygen atoms in total. The predicted octanol–water partition coefficient (Wildman–Crippen LogP) is 5.00. The summed E-state index contributed by atoms with van der Waals surface area (Å²) in [5.41, 5.74) is 0.448. The lowest BCUT2D eigenvalue weighted by Crippen LogP contribution is -2.36. The first-order valence-electron chi connectivity index (χ1n) is 4.73. The smallest absolute Gasteiger partial charge is 0.125 e. The van der Waals surface area contributed by atoms with E-state index in [0.717, 1.165) is 12.8 Å². The van der Waals surface area contributed by atoms with E-state index in [-0.39, 0.29) is 5.04 Å². The van der Waals surface area contributed by atoms with Crippen LogP contribution >= 0.6 is 33.2 Å². The molecule has 0 aromatic rings. The van der Waals surface area contributed by atoms with E-state index in [9.17, 15) is 0 Å². The van der Waals surface area contributed by atoms with Crippen LogP contribution in [0.2, 0.25) is 5.04 Å². The second-order valence-electron chi connectivity index (χ2n) is 5.22. The first-order valence-corrected chi connectivity index (χ1v) is 9.77. The molecule has 0 unspecified atom stereocenters. The van der Waals surface area contributed by atoms with Crippen molar-refractivity contribution in [1.29, 1.82) is 0 Å². The molecule has 0 radical (unpaired) electrons. The Bertz CT molecular complexity index is 186. The van der Waals surface area contributed by atoms with Crippen molar-refractivity contribution in [2.24, 2.45) is 5.41 Å². The molecule has 1 aliphatic carbocycles. The topological polar surface area (TPSA) is 0 Å². The molecule has 13 heavy (non-hydrogen) atoms. The van der Waals surface area contributed by atoms with Crippen LogP contribution in [0.4, 0.5) is 0 Å². The third-order valence-electron chi connectivity index (χ3n) is 3.39. The molecule has 0 aromatic heterocycles. The minimum absolute atomic E-state index is 0.00713. The lowest BCUT2D eigenvalue weighted by Gasteiger charge is -2.44. The summed E-state index contributed by atoms with van der Waals surface area (Å²) < 4.78 is 0. The van der Waals surface area contributed by atoms with Gasteiger partial charge in [-0.3, -0.25) is 0 Å². The van der Waals surface area contributed by atoms with Gasteiger partial charge in [0.05, 0.1) is 0 Å². The molecule has 4 heteroatoms. The van der Waals surface area contributed by atoms with Gasteiger partial charge < -0.3 is 0 Å². The second kappa shape index (κ2) is 3.59. The van der Waals surface area contributed by atoms with Crippen LogP contribution in [0.1, 0.15) is 46.5 Å². The van der Waals surface area contributed by atoms with Gasteiger partial charge in [0.15, 0.2) is 0 Å². The van der Waals surface area contributed by atoms with Gasteiger partial charge in [-0.05, 0) is 31.1 Å². The van der Waals surface area contributed by atoms with Crippen LogP contribution in [0.3, 0.4) is 0 Å². The van der Waals surface area contributed by atoms with Gasteiger partial charge in [-0.1, -0.05) is 20.8 Å². The Morgan fingerprint density at radius 2 is 1.23 bits per heavy atom. The Morgan fingerprint density at radius 3 is 1.54 bits per heavy atom. The summed E-state index contributed by atoms with van der Waals surface area (Å²) in [5, 5.41) is 0.00713. The minimum atomic E-state index is -2.53. The molecule has 0 bridgehead atoms. The normalized spacial score (nSPS) is 27.2. The van der Waals surface area contributed by atoms with Crippen molar-refractivity contribution in [3.05, 3.63) is 0 Å². The van der Waals surface area contributed by atoms with Gasteiger partial charge in [0.2, 0.25) is 0 Å². The molecule has 1 fully saturated rings. The molecule has 78 valence electrons. The Hall–Kier alpha value is 1.09. The highest BCUT2D eigenvalue weighted by molar-refractivity contribution is 7.65. The summed E-state index contributed by atoms with van der Waals surface area (Å²) in [7, 11) is 0. The van der Waals surface area contributed by atoms with Crippen LogP contribution in [-0.2, 0) is 0 Å². The zero-order chi connectivity index (χ0) is 10.3. The van der Waals surface area contributed by atoms with E-state index < -0.39 is 6.00 Å². The van der Waals surface area contributed by atoms with Crippen LogP contribution in [0.5, 0.6) is 0 Å². The molecule has 0 N–H and O–H groups in total. The van der Waals surface area contributed by atoms with Crippen molar-refractivity contribution >= 4 is 39.2 Å². The summed E-state index contributed by atoms with van der Waals surface area (Å²) in [4.78, 5) is 0. The summed E-state index contributed by atoms with van der Waals surface area (Å²) in [6.45, 7) is 6.74. The maximum atomic E-state index is 6.12. The molecule has 0 saturated heterocycles. The average Bonchev–Trinajstić information content (AvgIpc) is 1.94. The molecule has 0 amide bonds. The van der Waals surface area contributed by atoms with Crippen LogP contribution in [0, 0.1) is 5.41 Å². The van der Waals surface area contributed by atoms with Crippen LogP contribution < -0.4 is 0 Å². The highest BCUT2D eigenvalue weighted by atomic mass is 35.8. The molecular formula is C9H17Cl3Si. The van der Waals surface area contributed by atoms with Crippen LogP contribution in [-0.4, -0.2) is 6.00 Å². The molecule has 0 aliphatic heterocycles. The van der Waals surface area contributed by atoms with Gasteiger partial charge in [0.1, 0.15) is 0 Å². The third kappa shape index (κ3) is 2.77. The first kappa shape index (κ1) is 12.2. The maximum absolute atomic E-state index is 6.12. The molecule has 1 saturated carbocycles. The SMILES string of the molecule is CC1(C)CCC(C)([Si](Cl)(Cl)Cl)CC1. The second-order valence-corrected chi connectivity index (χ2v) is 14.3. The highest BCUT2D eigenvalue weighted by Gasteiger charge is 2.50. The highest BCUT2D eigenvalue weighted by Crippen LogP contribution is 2.58. The summed E-state index contributed by atoms with van der Waals surface area (Å²) in [5.74, 6) is 0. The van der Waals surface area contributed by atoms with E-state index >= 15 is 0 Å². The van der Waals surface area contributed by atoms with Gasteiger partial charge in [0.25, 0.3) is 0 Å². The van der Waals surface area contributed by atoms with Gasteiger partial charge >= 0.3 is 6.00 Å². The zero-order valence-corrected chi connectivity index (χ0v) is 11.7. The first-order chi connectivity index (χ1) is 5.66. The van der Waals surface area contributed by atoms with Crippen molar-refractivity contribution in [2.75, 3.05) is 0 Å². The maximum Gasteiger partial charge on any atom is 0.346 e. The molecule has 1 aliphatic rings. The third-order valence-corrected chi connectivity index (χ3v) is 9.37. The predicted molar refractivity (Wildman–Crippen MR) is 63.9 cm³/mol. The number of hydrogen-bond acceptors (Lipinski definition) is 0. The van der Waals surface area contributed by atoms with E-state index in [1.807, 2.05) is 0 Å². The molecule has 1 rings (SSSR count). The molecular weight excluding hydrogens is 243 g/mol. The van der Waals surface area contributed by atoms with Gasteiger partial charge in [-0.15, -0.1) is 33.2 Å². The van der Waals surface area contributed by atoms with Crippen molar-refractivity contribution in [3.8, 4) is 0 Å². The van der Waals surface area contributed by atoms with Crippen molar-refractivity contribution in [3.63, 3.8) is 0 Å². The summed E-state index contributed by atoms with van der Waals surface area (Å²) in [6, 6.07) is -2.53. The summed E-state index contributed by atoms with van der Waals surface area (Å²) >= 11 is 18.3.